The fourth-order valence-corrected chi connectivity index (χ4v) is 4.74. The van der Waals surface area contributed by atoms with E-state index in [2.05, 4.69) is 20.9 Å². The van der Waals surface area contributed by atoms with Gasteiger partial charge in [-0.1, -0.05) is 60.7 Å². The number of amides is 2. The van der Waals surface area contributed by atoms with Gasteiger partial charge in [-0.05, 0) is 19.9 Å². The van der Waals surface area contributed by atoms with Crippen molar-refractivity contribution in [2.24, 2.45) is 0 Å². The van der Waals surface area contributed by atoms with Crippen LogP contribution in [0.3, 0.4) is 0 Å². The maximum atomic E-state index is 13.2. The molecule has 5 rings (SSSR count). The highest BCUT2D eigenvalue weighted by atomic mass is 32.1. The minimum absolute atomic E-state index is 0.375. The molecular weight excluding hydrogens is 460 g/mol. The number of rotatable bonds is 5. The number of hydrogen-bond donors (Lipinski definition) is 2. The highest BCUT2D eigenvalue weighted by Gasteiger charge is 2.20. The van der Waals surface area contributed by atoms with Crippen LogP contribution in [0.25, 0.3) is 32.9 Å². The Balaban J connectivity index is 1.41. The van der Waals surface area contributed by atoms with E-state index < -0.39 is 11.8 Å². The van der Waals surface area contributed by atoms with Crippen molar-refractivity contribution in [2.45, 2.75) is 20.4 Å². The average molecular weight is 483 g/mol. The van der Waals surface area contributed by atoms with Crippen molar-refractivity contribution in [1.82, 2.24) is 30.6 Å². The van der Waals surface area contributed by atoms with Crippen LogP contribution in [0.15, 0.2) is 72.9 Å². The number of hydrazine groups is 1. The van der Waals surface area contributed by atoms with Gasteiger partial charge in [0.15, 0.2) is 5.65 Å². The molecule has 0 radical (unpaired) electrons. The minimum Gasteiger partial charge on any atom is -0.267 e. The minimum atomic E-state index is -0.455. The Morgan fingerprint density at radius 2 is 1.57 bits per heavy atom. The van der Waals surface area contributed by atoms with Crippen molar-refractivity contribution in [3.05, 3.63) is 89.1 Å². The van der Waals surface area contributed by atoms with Gasteiger partial charge in [-0.25, -0.2) is 14.6 Å². The number of benzene rings is 2. The van der Waals surface area contributed by atoms with Gasteiger partial charge in [0.2, 0.25) is 0 Å². The second-order valence-electron chi connectivity index (χ2n) is 7.83. The smallest absolute Gasteiger partial charge is 0.267 e. The number of aromatic nitrogens is 4. The second kappa shape index (κ2) is 9.47. The van der Waals surface area contributed by atoms with E-state index in [-0.39, 0.29) is 0 Å². The summed E-state index contributed by atoms with van der Waals surface area (Å²) < 4.78 is 1.74. The van der Waals surface area contributed by atoms with Gasteiger partial charge in [-0.3, -0.25) is 20.4 Å². The molecule has 2 aromatic carbocycles. The Morgan fingerprint density at radius 3 is 2.26 bits per heavy atom. The van der Waals surface area contributed by atoms with Crippen LogP contribution in [0.4, 0.5) is 0 Å². The number of pyridine rings is 1. The first-order valence-corrected chi connectivity index (χ1v) is 11.9. The topological polar surface area (TPSA) is 102 Å². The number of nitrogens with one attached hydrogen (secondary N) is 2. The summed E-state index contributed by atoms with van der Waals surface area (Å²) in [7, 11) is 0. The van der Waals surface area contributed by atoms with Gasteiger partial charge in [-0.2, -0.15) is 5.10 Å². The molecule has 174 valence electrons. The first-order chi connectivity index (χ1) is 17.0. The van der Waals surface area contributed by atoms with E-state index >= 15 is 0 Å². The molecule has 0 bridgehead atoms. The van der Waals surface area contributed by atoms with Crippen molar-refractivity contribution in [2.75, 3.05) is 0 Å². The maximum Gasteiger partial charge on any atom is 0.281 e. The van der Waals surface area contributed by atoms with Crippen LogP contribution >= 0.6 is 11.3 Å². The molecule has 0 unspecified atom stereocenters. The lowest BCUT2D eigenvalue weighted by Gasteiger charge is -2.10. The van der Waals surface area contributed by atoms with E-state index in [1.165, 1.54) is 11.3 Å². The van der Waals surface area contributed by atoms with E-state index in [1.807, 2.05) is 67.6 Å². The SMILES string of the molecule is CCn1ncc2c(C(=O)NNC(=O)c3sc(-c4ccccc4)nc3C)cc(-c3ccccc3)nc21. The van der Waals surface area contributed by atoms with E-state index in [1.54, 1.807) is 23.9 Å². The Kier molecular flexibility index (Phi) is 6.07. The molecule has 0 fully saturated rings. The van der Waals surface area contributed by atoms with E-state index in [0.717, 1.165) is 16.1 Å². The van der Waals surface area contributed by atoms with Gasteiger partial charge in [0.25, 0.3) is 11.8 Å². The summed E-state index contributed by atoms with van der Waals surface area (Å²) in [6, 6.07) is 21.0. The lowest BCUT2D eigenvalue weighted by molar-refractivity contribution is 0.0849. The molecule has 5 aromatic rings. The van der Waals surface area contributed by atoms with Crippen LogP contribution in [0.5, 0.6) is 0 Å². The fraction of sp³-hybridized carbons (Fsp3) is 0.115. The Labute approximate surface area is 205 Å². The predicted molar refractivity (Wildman–Crippen MR) is 136 cm³/mol. The van der Waals surface area contributed by atoms with E-state index in [4.69, 9.17) is 4.98 Å². The molecular formula is C26H22N6O2S. The molecule has 3 aromatic heterocycles. The lowest BCUT2D eigenvalue weighted by Crippen LogP contribution is -2.41. The number of aryl methyl sites for hydroxylation is 2. The molecule has 0 spiro atoms. The van der Waals surface area contributed by atoms with Crippen LogP contribution in [0.2, 0.25) is 0 Å². The molecule has 8 nitrogen and oxygen atoms in total. The molecule has 0 aliphatic carbocycles. The van der Waals surface area contributed by atoms with Gasteiger partial charge in [0.05, 0.1) is 28.5 Å². The number of thiazole rings is 1. The Morgan fingerprint density at radius 1 is 0.914 bits per heavy atom. The Hall–Kier alpha value is -4.37. The van der Waals surface area contributed by atoms with Gasteiger partial charge >= 0.3 is 0 Å². The molecule has 0 saturated carbocycles. The summed E-state index contributed by atoms with van der Waals surface area (Å²) in [6.45, 7) is 4.35. The van der Waals surface area contributed by atoms with Crippen molar-refractivity contribution in [3.8, 4) is 21.8 Å². The number of carbonyl (C=O) groups excluding carboxylic acids is 2. The van der Waals surface area contributed by atoms with Crippen molar-refractivity contribution >= 4 is 34.2 Å². The molecule has 3 heterocycles. The highest BCUT2D eigenvalue weighted by molar-refractivity contribution is 7.17. The van der Waals surface area contributed by atoms with Gasteiger partial charge in [0, 0.05) is 17.7 Å². The quantitative estimate of drug-likeness (QED) is 0.356. The van der Waals surface area contributed by atoms with E-state index in [0.29, 0.717) is 39.4 Å². The molecule has 35 heavy (non-hydrogen) atoms. The molecule has 0 aliphatic heterocycles. The normalized spacial score (nSPS) is 10.9. The third-order valence-corrected chi connectivity index (χ3v) is 6.74. The summed E-state index contributed by atoms with van der Waals surface area (Å²) in [6.07, 6.45) is 1.62. The van der Waals surface area contributed by atoms with Crippen LogP contribution in [-0.2, 0) is 6.54 Å². The number of fused-ring (bicyclic) bond motifs is 1. The standard InChI is InChI=1S/C26H22N6O2S/c1-3-32-23-20(15-27-32)19(14-21(29-23)17-10-6-4-7-11-17)24(33)30-31-25(34)22-16(2)28-26(35-22)18-12-8-5-9-13-18/h4-15H,3H2,1-2H3,(H,30,33)(H,31,34). The first kappa shape index (κ1) is 22.4. The molecule has 0 saturated heterocycles. The molecule has 2 N–H and O–H groups in total. The molecule has 9 heteroatoms. The summed E-state index contributed by atoms with van der Waals surface area (Å²) >= 11 is 1.28. The fourth-order valence-electron chi connectivity index (χ4n) is 3.77. The third kappa shape index (κ3) is 4.41. The number of hydrogen-bond acceptors (Lipinski definition) is 6. The average Bonchev–Trinajstić information content (AvgIpc) is 3.50. The van der Waals surface area contributed by atoms with Crippen LogP contribution in [0, 0.1) is 6.92 Å². The van der Waals surface area contributed by atoms with Crippen LogP contribution < -0.4 is 10.9 Å². The van der Waals surface area contributed by atoms with Gasteiger partial charge < -0.3 is 0 Å². The van der Waals surface area contributed by atoms with Gasteiger partial charge in [-0.15, -0.1) is 11.3 Å². The van der Waals surface area contributed by atoms with Crippen molar-refractivity contribution in [1.29, 1.82) is 0 Å². The first-order valence-electron chi connectivity index (χ1n) is 11.1. The summed E-state index contributed by atoms with van der Waals surface area (Å²) in [4.78, 5) is 35.7. The van der Waals surface area contributed by atoms with E-state index in [9.17, 15) is 9.59 Å². The van der Waals surface area contributed by atoms with Crippen LogP contribution in [-0.4, -0.2) is 31.6 Å². The van der Waals surface area contributed by atoms with Crippen LogP contribution in [0.1, 0.15) is 32.6 Å². The summed E-state index contributed by atoms with van der Waals surface area (Å²) in [5, 5.41) is 5.71. The zero-order valence-electron chi connectivity index (χ0n) is 19.1. The maximum absolute atomic E-state index is 13.2. The Bertz CT molecular complexity index is 1530. The molecule has 0 aliphatic rings. The van der Waals surface area contributed by atoms with Crippen molar-refractivity contribution < 1.29 is 9.59 Å². The predicted octanol–water partition coefficient (Wildman–Crippen LogP) is 4.62. The number of nitrogens with zero attached hydrogens (tertiary/aromatic N) is 4. The van der Waals surface area contributed by atoms with Crippen molar-refractivity contribution in [3.63, 3.8) is 0 Å². The largest absolute Gasteiger partial charge is 0.281 e. The monoisotopic (exact) mass is 482 g/mol. The highest BCUT2D eigenvalue weighted by Crippen LogP contribution is 2.28. The number of carbonyl (C=O) groups is 2. The lowest BCUT2D eigenvalue weighted by atomic mass is 10.1. The van der Waals surface area contributed by atoms with Gasteiger partial charge in [0.1, 0.15) is 9.88 Å². The molecule has 0 atom stereocenters. The second-order valence-corrected chi connectivity index (χ2v) is 8.83. The zero-order valence-corrected chi connectivity index (χ0v) is 20.0. The third-order valence-electron chi connectivity index (χ3n) is 5.54. The zero-order chi connectivity index (χ0) is 24.4. The molecule has 2 amide bonds. The summed E-state index contributed by atoms with van der Waals surface area (Å²) in [5.41, 5.74) is 9.12. The summed E-state index contributed by atoms with van der Waals surface area (Å²) in [5.74, 6) is -0.877.